The van der Waals surface area contributed by atoms with Crippen molar-refractivity contribution in [2.75, 3.05) is 26.4 Å². The molecule has 10 heteroatoms. The number of rotatable bonds is 42. The SMILES string of the molecule is CC/C=C\C/C=C\C/C=C\C/C=C\C/C=C\C/C=C\C/C=C\CCCCCC(=O)OC(COC(=O)CCCCCC/C=C\C/C=C\C/C=C\C/C=C\CC)COP(=O)(O)OCCN. The molecule has 0 aromatic carbocycles. The van der Waals surface area contributed by atoms with Gasteiger partial charge in [0.2, 0.25) is 0 Å². The third-order valence-corrected chi connectivity index (χ3v) is 10.0. The van der Waals surface area contributed by atoms with E-state index in [9.17, 15) is 19.0 Å². The van der Waals surface area contributed by atoms with E-state index in [0.29, 0.717) is 12.8 Å². The summed E-state index contributed by atoms with van der Waals surface area (Å²) in [6, 6.07) is 0. The van der Waals surface area contributed by atoms with E-state index in [-0.39, 0.29) is 32.6 Å². The van der Waals surface area contributed by atoms with Gasteiger partial charge in [0.15, 0.2) is 6.10 Å². The lowest BCUT2D eigenvalue weighted by Crippen LogP contribution is -2.29. The summed E-state index contributed by atoms with van der Waals surface area (Å²) < 4.78 is 32.8. The topological polar surface area (TPSA) is 134 Å². The summed E-state index contributed by atoms with van der Waals surface area (Å²) in [5, 5.41) is 0. The average Bonchev–Trinajstić information content (AvgIpc) is 3.27. The monoisotopic (exact) mass is 894 g/mol. The van der Waals surface area contributed by atoms with E-state index in [1.165, 1.54) is 0 Å². The molecule has 0 amide bonds. The van der Waals surface area contributed by atoms with Crippen LogP contribution in [0.3, 0.4) is 0 Å². The minimum absolute atomic E-state index is 0.0354. The van der Waals surface area contributed by atoms with Crippen molar-refractivity contribution in [3.05, 3.63) is 134 Å². The Balaban J connectivity index is 4.26. The fraction of sp³-hybridized carbons (Fsp3) is 0.547. The highest BCUT2D eigenvalue weighted by Crippen LogP contribution is 2.43. The Kier molecular flexibility index (Phi) is 44.7. The van der Waals surface area contributed by atoms with Gasteiger partial charge in [-0.2, -0.15) is 0 Å². The smallest absolute Gasteiger partial charge is 0.462 e. The van der Waals surface area contributed by atoms with Gasteiger partial charge in [-0.15, -0.1) is 0 Å². The van der Waals surface area contributed by atoms with Crippen molar-refractivity contribution in [3.63, 3.8) is 0 Å². The number of hydrogen-bond acceptors (Lipinski definition) is 8. The number of hydrogen-bond donors (Lipinski definition) is 2. The molecule has 0 aliphatic heterocycles. The Bertz CT molecular complexity index is 1480. The fourth-order valence-electron chi connectivity index (χ4n) is 5.60. The molecule has 0 aromatic heterocycles. The predicted octanol–water partition coefficient (Wildman–Crippen LogP) is 14.3. The summed E-state index contributed by atoms with van der Waals surface area (Å²) in [6.07, 6.45) is 66.3. The third-order valence-electron chi connectivity index (χ3n) is 9.03. The van der Waals surface area contributed by atoms with Crippen LogP contribution in [0.25, 0.3) is 0 Å². The number of allylic oxidation sites excluding steroid dienone is 22. The summed E-state index contributed by atoms with van der Waals surface area (Å²) in [5.41, 5.74) is 5.35. The van der Waals surface area contributed by atoms with Crippen molar-refractivity contribution in [2.45, 2.75) is 161 Å². The summed E-state index contributed by atoms with van der Waals surface area (Å²) in [6.45, 7) is 3.40. The maximum Gasteiger partial charge on any atom is 0.472 e. The van der Waals surface area contributed by atoms with Crippen LogP contribution in [0.2, 0.25) is 0 Å². The molecule has 0 saturated heterocycles. The van der Waals surface area contributed by atoms with Crippen LogP contribution in [0.1, 0.15) is 155 Å². The molecule has 0 saturated carbocycles. The van der Waals surface area contributed by atoms with E-state index in [0.717, 1.165) is 116 Å². The minimum atomic E-state index is -4.41. The van der Waals surface area contributed by atoms with E-state index >= 15 is 0 Å². The molecule has 0 fully saturated rings. The quantitative estimate of drug-likeness (QED) is 0.0266. The highest BCUT2D eigenvalue weighted by molar-refractivity contribution is 7.47. The van der Waals surface area contributed by atoms with Gasteiger partial charge in [-0.1, -0.05) is 167 Å². The molecule has 0 bridgehead atoms. The molecule has 9 nitrogen and oxygen atoms in total. The van der Waals surface area contributed by atoms with Crippen LogP contribution in [0.5, 0.6) is 0 Å². The number of phosphoric ester groups is 1. The standard InChI is InChI=1S/C53H84NO8P/c1-3-5-7-9-11-13-15-17-19-21-22-23-24-25-26-27-28-30-32-34-36-38-40-42-44-46-53(56)62-51(50-61-63(57,58)60-48-47-54)49-59-52(55)45-43-41-39-37-35-33-31-29-20-18-16-14-12-10-8-6-4-2/h5-8,11-14,17-20,22-23,25-26,28,30-31,33-34,36,51H,3-4,9-10,15-16,21,24,27,29,32,35,37-50,54H2,1-2H3,(H,57,58)/b7-5-,8-6-,13-11-,14-12-,19-17-,20-18-,23-22-,26-25-,30-28-,33-31-,36-34-. The molecular weight excluding hydrogens is 810 g/mol. The van der Waals surface area contributed by atoms with Gasteiger partial charge in [-0.3, -0.25) is 18.6 Å². The maximum atomic E-state index is 12.6. The maximum absolute atomic E-state index is 12.6. The number of ether oxygens (including phenoxy) is 2. The zero-order chi connectivity index (χ0) is 46.0. The molecule has 2 unspecified atom stereocenters. The first-order valence-corrected chi connectivity index (χ1v) is 25.2. The zero-order valence-corrected chi connectivity index (χ0v) is 39.9. The second-order valence-corrected chi connectivity index (χ2v) is 16.3. The predicted molar refractivity (Wildman–Crippen MR) is 265 cm³/mol. The van der Waals surface area contributed by atoms with Gasteiger partial charge in [0.05, 0.1) is 13.2 Å². The Morgan fingerprint density at radius 3 is 1.22 bits per heavy atom. The summed E-state index contributed by atoms with van der Waals surface area (Å²) in [5.74, 6) is -0.910. The molecule has 0 rings (SSSR count). The molecule has 3 N–H and O–H groups in total. The van der Waals surface area contributed by atoms with E-state index in [1.807, 2.05) is 0 Å². The lowest BCUT2D eigenvalue weighted by atomic mass is 10.1. The lowest BCUT2D eigenvalue weighted by molar-refractivity contribution is -0.161. The molecule has 2 atom stereocenters. The summed E-state index contributed by atoms with van der Waals surface area (Å²) in [7, 11) is -4.41. The van der Waals surface area contributed by atoms with Gasteiger partial charge in [-0.05, 0) is 109 Å². The van der Waals surface area contributed by atoms with Crippen molar-refractivity contribution < 1.29 is 37.6 Å². The van der Waals surface area contributed by atoms with E-state index in [2.05, 4.69) is 148 Å². The van der Waals surface area contributed by atoms with E-state index in [1.54, 1.807) is 0 Å². The van der Waals surface area contributed by atoms with Crippen LogP contribution < -0.4 is 5.73 Å². The summed E-state index contributed by atoms with van der Waals surface area (Å²) >= 11 is 0. The molecule has 0 heterocycles. The third kappa shape index (κ3) is 47.5. The van der Waals surface area contributed by atoms with Crippen LogP contribution in [-0.2, 0) is 32.7 Å². The van der Waals surface area contributed by atoms with Gasteiger partial charge < -0.3 is 20.1 Å². The molecule has 0 aliphatic carbocycles. The Morgan fingerprint density at radius 2 is 0.825 bits per heavy atom. The van der Waals surface area contributed by atoms with Crippen LogP contribution in [-0.4, -0.2) is 49.3 Å². The Morgan fingerprint density at radius 1 is 0.476 bits per heavy atom. The van der Waals surface area contributed by atoms with Gasteiger partial charge in [0.1, 0.15) is 6.61 Å². The second kappa shape index (κ2) is 47.6. The number of esters is 2. The Hall–Kier alpha value is -3.85. The molecule has 0 aliphatic rings. The number of unbranched alkanes of at least 4 members (excludes halogenated alkanes) is 7. The highest BCUT2D eigenvalue weighted by atomic mass is 31.2. The van der Waals surface area contributed by atoms with Crippen molar-refractivity contribution in [3.8, 4) is 0 Å². The first-order chi connectivity index (χ1) is 30.8. The van der Waals surface area contributed by atoms with Crippen molar-refractivity contribution in [1.29, 1.82) is 0 Å². The van der Waals surface area contributed by atoms with Gasteiger partial charge in [0.25, 0.3) is 0 Å². The van der Waals surface area contributed by atoms with Crippen molar-refractivity contribution in [2.24, 2.45) is 5.73 Å². The highest BCUT2D eigenvalue weighted by Gasteiger charge is 2.26. The average molecular weight is 894 g/mol. The number of carbonyl (C=O) groups is 2. The first kappa shape index (κ1) is 59.1. The van der Waals surface area contributed by atoms with Crippen LogP contribution in [0.15, 0.2) is 134 Å². The molecule has 0 spiro atoms. The van der Waals surface area contributed by atoms with Gasteiger partial charge in [-0.25, -0.2) is 4.57 Å². The van der Waals surface area contributed by atoms with Gasteiger partial charge >= 0.3 is 19.8 Å². The van der Waals surface area contributed by atoms with Crippen LogP contribution in [0, 0.1) is 0 Å². The lowest BCUT2D eigenvalue weighted by Gasteiger charge is -2.19. The number of phosphoric acid groups is 1. The number of carbonyl (C=O) groups excluding carboxylic acids is 2. The number of nitrogens with two attached hydrogens (primary N) is 1. The molecular formula is C53H84NO8P. The first-order valence-electron chi connectivity index (χ1n) is 23.7. The molecule has 354 valence electrons. The van der Waals surface area contributed by atoms with Crippen molar-refractivity contribution in [1.82, 2.24) is 0 Å². The Labute approximate surface area is 383 Å². The largest absolute Gasteiger partial charge is 0.472 e. The van der Waals surface area contributed by atoms with Crippen LogP contribution in [0.4, 0.5) is 0 Å². The van der Waals surface area contributed by atoms with Crippen molar-refractivity contribution >= 4 is 19.8 Å². The normalized spacial score (nSPS) is 14.4. The fourth-order valence-corrected chi connectivity index (χ4v) is 6.37. The van der Waals surface area contributed by atoms with Crippen LogP contribution >= 0.6 is 7.82 Å². The van der Waals surface area contributed by atoms with E-state index < -0.39 is 32.5 Å². The summed E-state index contributed by atoms with van der Waals surface area (Å²) in [4.78, 5) is 35.0. The van der Waals surface area contributed by atoms with Gasteiger partial charge in [0, 0.05) is 19.4 Å². The molecule has 0 aromatic rings. The zero-order valence-electron chi connectivity index (χ0n) is 39.0. The molecule has 63 heavy (non-hydrogen) atoms. The second-order valence-electron chi connectivity index (χ2n) is 14.9. The minimum Gasteiger partial charge on any atom is -0.462 e. The van der Waals surface area contributed by atoms with E-state index in [4.69, 9.17) is 24.3 Å². The molecule has 0 radical (unpaired) electrons.